The quantitative estimate of drug-likeness (QED) is 0.239. The number of fused-ring (bicyclic) bond motifs is 1. The van der Waals surface area contributed by atoms with Gasteiger partial charge in [0.15, 0.2) is 5.65 Å². The molecule has 0 unspecified atom stereocenters. The standard InChI is InChI=1S/C21H18BrClFN5O3S/c22-17-13-26-29-20(12-19(27-21(17)29)16-4-1-2-5-18(16)23)25-10-3-11-28(30)33(31,32)15-8-6-14(24)7-9-15/h1-2,4-9,12-13,25,30H,3,10-11H2. The van der Waals surface area contributed by atoms with E-state index in [1.54, 1.807) is 22.8 Å². The van der Waals surface area contributed by atoms with Crippen LogP contribution in [0.5, 0.6) is 0 Å². The zero-order valence-corrected chi connectivity index (χ0v) is 20.1. The fourth-order valence-electron chi connectivity index (χ4n) is 3.15. The Kier molecular flexibility index (Phi) is 6.96. The lowest BCUT2D eigenvalue weighted by Crippen LogP contribution is -2.29. The summed E-state index contributed by atoms with van der Waals surface area (Å²) in [7, 11) is -4.13. The van der Waals surface area contributed by atoms with Crippen LogP contribution in [0.1, 0.15) is 6.42 Å². The molecular formula is C21H18BrClFN5O3S. The van der Waals surface area contributed by atoms with Crippen LogP contribution >= 0.6 is 27.5 Å². The SMILES string of the molecule is O=S(=O)(c1ccc(F)cc1)N(O)CCCNc1cc(-c2ccccc2Cl)nc2c(Br)cnn12. The predicted molar refractivity (Wildman–Crippen MR) is 126 cm³/mol. The number of sulfonamides is 1. The van der Waals surface area contributed by atoms with Gasteiger partial charge in [0.05, 0.1) is 21.3 Å². The highest BCUT2D eigenvalue weighted by atomic mass is 79.9. The molecular weight excluding hydrogens is 537 g/mol. The summed E-state index contributed by atoms with van der Waals surface area (Å²) in [4.78, 5) is 4.44. The first-order chi connectivity index (χ1) is 15.8. The lowest BCUT2D eigenvalue weighted by Gasteiger charge is -2.16. The average Bonchev–Trinajstić information content (AvgIpc) is 3.18. The Hall–Kier alpha value is -2.57. The first kappa shape index (κ1) is 23.6. The van der Waals surface area contributed by atoms with Crippen LogP contribution in [0.25, 0.3) is 16.9 Å². The molecule has 0 aliphatic rings. The van der Waals surface area contributed by atoms with E-state index in [4.69, 9.17) is 11.6 Å². The highest BCUT2D eigenvalue weighted by Gasteiger charge is 2.22. The second-order valence-corrected chi connectivity index (χ2v) is 10.1. The lowest BCUT2D eigenvalue weighted by atomic mass is 10.1. The van der Waals surface area contributed by atoms with E-state index in [2.05, 4.69) is 31.3 Å². The molecule has 33 heavy (non-hydrogen) atoms. The second kappa shape index (κ2) is 9.74. The maximum Gasteiger partial charge on any atom is 0.264 e. The maximum absolute atomic E-state index is 13.1. The smallest absolute Gasteiger partial charge is 0.264 e. The Morgan fingerprint density at radius 1 is 1.18 bits per heavy atom. The summed E-state index contributed by atoms with van der Waals surface area (Å²) >= 11 is 9.77. The van der Waals surface area contributed by atoms with E-state index in [0.29, 0.717) is 33.2 Å². The van der Waals surface area contributed by atoms with E-state index < -0.39 is 15.8 Å². The van der Waals surface area contributed by atoms with Gasteiger partial charge in [-0.05, 0) is 52.7 Å². The van der Waals surface area contributed by atoms with Crippen LogP contribution in [-0.2, 0) is 10.0 Å². The van der Waals surface area contributed by atoms with Crippen LogP contribution in [-0.4, -0.2) is 45.8 Å². The number of hydrogen-bond donors (Lipinski definition) is 2. The molecule has 0 saturated heterocycles. The van der Waals surface area contributed by atoms with Gasteiger partial charge in [-0.25, -0.2) is 17.8 Å². The molecule has 2 aromatic carbocycles. The summed E-state index contributed by atoms with van der Waals surface area (Å²) in [6.07, 6.45) is 1.90. The number of benzene rings is 2. The van der Waals surface area contributed by atoms with Crippen LogP contribution in [0.15, 0.2) is 70.2 Å². The highest BCUT2D eigenvalue weighted by molar-refractivity contribution is 9.10. The number of hydrogen-bond acceptors (Lipinski definition) is 6. The van der Waals surface area contributed by atoms with Gasteiger partial charge in [0.2, 0.25) is 0 Å². The molecule has 0 aliphatic heterocycles. The molecule has 0 bridgehead atoms. The number of anilines is 1. The third-order valence-electron chi connectivity index (χ3n) is 4.80. The van der Waals surface area contributed by atoms with Gasteiger partial charge in [-0.3, -0.25) is 5.21 Å². The number of aromatic nitrogens is 3. The van der Waals surface area contributed by atoms with Crippen molar-refractivity contribution in [3.8, 4) is 11.3 Å². The third kappa shape index (κ3) is 5.02. The Bertz CT molecular complexity index is 1400. The predicted octanol–water partition coefficient (Wildman–Crippen LogP) is 4.83. The first-order valence-corrected chi connectivity index (χ1v) is 12.4. The Morgan fingerprint density at radius 3 is 2.64 bits per heavy atom. The topological polar surface area (TPSA) is 99.8 Å². The van der Waals surface area contributed by atoms with E-state index in [-0.39, 0.29) is 22.3 Å². The summed E-state index contributed by atoms with van der Waals surface area (Å²) in [5.41, 5.74) is 1.97. The van der Waals surface area contributed by atoms with Crippen LogP contribution in [0.4, 0.5) is 10.2 Å². The molecule has 0 saturated carbocycles. The molecule has 0 aliphatic carbocycles. The monoisotopic (exact) mass is 553 g/mol. The van der Waals surface area contributed by atoms with E-state index in [1.165, 1.54) is 0 Å². The molecule has 2 N–H and O–H groups in total. The van der Waals surface area contributed by atoms with Gasteiger partial charge in [-0.15, -0.1) is 0 Å². The lowest BCUT2D eigenvalue weighted by molar-refractivity contribution is 0.00319. The number of halogens is 3. The van der Waals surface area contributed by atoms with Crippen molar-refractivity contribution in [1.29, 1.82) is 0 Å². The van der Waals surface area contributed by atoms with Crippen molar-refractivity contribution < 1.29 is 18.0 Å². The van der Waals surface area contributed by atoms with Gasteiger partial charge in [0.1, 0.15) is 11.6 Å². The molecule has 0 radical (unpaired) electrons. The molecule has 8 nitrogen and oxygen atoms in total. The number of nitrogens with one attached hydrogen (secondary N) is 1. The normalized spacial score (nSPS) is 11.9. The number of rotatable bonds is 8. The Morgan fingerprint density at radius 2 is 1.91 bits per heavy atom. The molecule has 2 aromatic heterocycles. The van der Waals surface area contributed by atoms with Crippen LogP contribution in [0.3, 0.4) is 0 Å². The molecule has 0 fully saturated rings. The van der Waals surface area contributed by atoms with Crippen molar-refractivity contribution in [2.75, 3.05) is 18.4 Å². The fourth-order valence-corrected chi connectivity index (χ4v) is 4.82. The molecule has 4 rings (SSSR count). The van der Waals surface area contributed by atoms with Crippen LogP contribution in [0, 0.1) is 5.82 Å². The third-order valence-corrected chi connectivity index (χ3v) is 7.29. The molecule has 4 aromatic rings. The van der Waals surface area contributed by atoms with E-state index in [9.17, 15) is 18.0 Å². The average molecular weight is 555 g/mol. The summed E-state index contributed by atoms with van der Waals surface area (Å²) < 4.78 is 40.4. The highest BCUT2D eigenvalue weighted by Crippen LogP contribution is 2.30. The van der Waals surface area contributed by atoms with Gasteiger partial charge in [-0.1, -0.05) is 34.3 Å². The Balaban J connectivity index is 1.48. The fraction of sp³-hybridized carbons (Fsp3) is 0.143. The summed E-state index contributed by atoms with van der Waals surface area (Å²) in [6, 6.07) is 13.4. The van der Waals surface area contributed by atoms with Crippen molar-refractivity contribution >= 4 is 49.0 Å². The molecule has 12 heteroatoms. The van der Waals surface area contributed by atoms with E-state index in [1.807, 2.05) is 18.2 Å². The minimum Gasteiger partial charge on any atom is -0.370 e. The first-order valence-electron chi connectivity index (χ1n) is 9.77. The zero-order chi connectivity index (χ0) is 23.6. The van der Waals surface area contributed by atoms with E-state index in [0.717, 1.165) is 29.8 Å². The van der Waals surface area contributed by atoms with Crippen molar-refractivity contribution in [2.24, 2.45) is 0 Å². The van der Waals surface area contributed by atoms with Crippen molar-refractivity contribution in [2.45, 2.75) is 11.3 Å². The van der Waals surface area contributed by atoms with Gasteiger partial charge < -0.3 is 5.32 Å². The largest absolute Gasteiger partial charge is 0.370 e. The molecule has 0 atom stereocenters. The van der Waals surface area contributed by atoms with Crippen molar-refractivity contribution in [3.05, 3.63) is 76.1 Å². The minimum atomic E-state index is -4.13. The molecule has 0 spiro atoms. The molecule has 172 valence electrons. The summed E-state index contributed by atoms with van der Waals surface area (Å²) in [6.45, 7) is 0.162. The Labute approximate surface area is 202 Å². The summed E-state index contributed by atoms with van der Waals surface area (Å²) in [5, 5.41) is 18.1. The van der Waals surface area contributed by atoms with Crippen LogP contribution in [0.2, 0.25) is 5.02 Å². The van der Waals surface area contributed by atoms with Gasteiger partial charge in [0.25, 0.3) is 10.0 Å². The van der Waals surface area contributed by atoms with Crippen LogP contribution < -0.4 is 5.32 Å². The van der Waals surface area contributed by atoms with E-state index >= 15 is 0 Å². The van der Waals surface area contributed by atoms with Gasteiger partial charge >= 0.3 is 0 Å². The second-order valence-electron chi connectivity index (χ2n) is 7.02. The number of hydroxylamine groups is 1. The maximum atomic E-state index is 13.1. The molecule has 2 heterocycles. The molecule has 0 amide bonds. The van der Waals surface area contributed by atoms with Gasteiger partial charge in [-0.2, -0.15) is 9.61 Å². The van der Waals surface area contributed by atoms with Crippen molar-refractivity contribution in [1.82, 2.24) is 19.1 Å². The number of nitrogens with zero attached hydrogens (tertiary/aromatic N) is 4. The van der Waals surface area contributed by atoms with Crippen molar-refractivity contribution in [3.63, 3.8) is 0 Å². The van der Waals surface area contributed by atoms with Gasteiger partial charge in [0, 0.05) is 29.7 Å². The zero-order valence-electron chi connectivity index (χ0n) is 17.0. The summed E-state index contributed by atoms with van der Waals surface area (Å²) in [5.74, 6) is 0.0548. The minimum absolute atomic E-state index is 0.166.